The fourth-order valence-electron chi connectivity index (χ4n) is 4.50. The average molecular weight is 566 g/mol. The number of aryl methyl sites for hydroxylation is 1. The van der Waals surface area contributed by atoms with Crippen molar-refractivity contribution in [1.29, 1.82) is 0 Å². The highest BCUT2D eigenvalue weighted by Crippen LogP contribution is 2.44. The van der Waals surface area contributed by atoms with Crippen LogP contribution in [0, 0.1) is 12.7 Å². The Kier molecular flexibility index (Phi) is 8.01. The van der Waals surface area contributed by atoms with Crippen LogP contribution >= 0.6 is 0 Å². The molecular formula is C33H28FN3O5. The number of benzene rings is 4. The molecule has 4 aromatic carbocycles. The summed E-state index contributed by atoms with van der Waals surface area (Å²) in [6.07, 6.45) is 0. The van der Waals surface area contributed by atoms with Crippen molar-refractivity contribution in [1.82, 2.24) is 9.78 Å². The van der Waals surface area contributed by atoms with E-state index in [9.17, 15) is 14.0 Å². The van der Waals surface area contributed by atoms with E-state index < -0.39 is 17.7 Å². The monoisotopic (exact) mass is 565 g/mol. The molecule has 1 amide bonds. The molecule has 1 aromatic heterocycles. The van der Waals surface area contributed by atoms with E-state index in [1.54, 1.807) is 61.4 Å². The Morgan fingerprint density at radius 3 is 2.24 bits per heavy atom. The van der Waals surface area contributed by atoms with Crippen molar-refractivity contribution in [2.75, 3.05) is 19.5 Å². The van der Waals surface area contributed by atoms with E-state index >= 15 is 0 Å². The van der Waals surface area contributed by atoms with Gasteiger partial charge in [0, 0.05) is 24.2 Å². The molecule has 0 aliphatic carbocycles. The van der Waals surface area contributed by atoms with Gasteiger partial charge in [-0.25, -0.2) is 4.39 Å². The van der Waals surface area contributed by atoms with Crippen LogP contribution in [-0.2, 0) is 4.79 Å². The number of nitrogens with one attached hydrogen (secondary N) is 1. The standard InChI is InChI=1S/C33H28FN3O5/c1-20-9-15-24(16-10-20)37-33(42-21(2)38)30(31(36-37)27-18-17-25(40-3)19-29(27)41-4)22-11-13-23(14-12-22)35-32(39)26-7-5-6-8-28(26)34/h5-19H,1-4H3,(H,35,39). The zero-order valence-electron chi connectivity index (χ0n) is 23.5. The topological polar surface area (TPSA) is 91.7 Å². The minimum Gasteiger partial charge on any atom is -0.497 e. The summed E-state index contributed by atoms with van der Waals surface area (Å²) in [5, 5.41) is 7.62. The number of aromatic nitrogens is 2. The highest BCUT2D eigenvalue weighted by Gasteiger charge is 2.26. The largest absolute Gasteiger partial charge is 0.497 e. The molecule has 5 aromatic rings. The number of ether oxygens (including phenoxy) is 3. The van der Waals surface area contributed by atoms with Crippen LogP contribution in [0.3, 0.4) is 0 Å². The minimum absolute atomic E-state index is 0.0630. The fraction of sp³-hybridized carbons (Fsp3) is 0.121. The van der Waals surface area contributed by atoms with Crippen molar-refractivity contribution in [3.8, 4) is 45.5 Å². The minimum atomic E-state index is -0.612. The number of carbonyl (C=O) groups is 2. The molecule has 0 unspecified atom stereocenters. The van der Waals surface area contributed by atoms with Crippen molar-refractivity contribution in [3.63, 3.8) is 0 Å². The Labute approximate surface area is 242 Å². The number of rotatable bonds is 8. The third-order valence-corrected chi connectivity index (χ3v) is 6.58. The van der Waals surface area contributed by atoms with Crippen molar-refractivity contribution in [3.05, 3.63) is 108 Å². The molecule has 0 spiro atoms. The van der Waals surface area contributed by atoms with Gasteiger partial charge >= 0.3 is 5.97 Å². The molecule has 5 rings (SSSR count). The van der Waals surface area contributed by atoms with E-state index in [2.05, 4.69) is 5.32 Å². The SMILES string of the molecule is COc1ccc(-c2nn(-c3ccc(C)cc3)c(OC(C)=O)c2-c2ccc(NC(=O)c3ccccc3F)cc2)c(OC)c1. The average Bonchev–Trinajstić information content (AvgIpc) is 3.35. The third-order valence-electron chi connectivity index (χ3n) is 6.58. The molecule has 0 atom stereocenters. The summed E-state index contributed by atoms with van der Waals surface area (Å²) >= 11 is 0. The maximum atomic E-state index is 14.1. The second-order valence-electron chi connectivity index (χ2n) is 9.45. The molecule has 0 aliphatic heterocycles. The van der Waals surface area contributed by atoms with Crippen LogP contribution in [0.5, 0.6) is 17.4 Å². The van der Waals surface area contributed by atoms with Crippen LogP contribution in [0.2, 0.25) is 0 Å². The van der Waals surface area contributed by atoms with E-state index in [1.165, 1.54) is 25.1 Å². The first-order chi connectivity index (χ1) is 20.3. The Morgan fingerprint density at radius 2 is 1.60 bits per heavy atom. The van der Waals surface area contributed by atoms with Crippen molar-refractivity contribution >= 4 is 17.6 Å². The molecule has 0 bridgehead atoms. The van der Waals surface area contributed by atoms with Crippen LogP contribution in [0.15, 0.2) is 91.0 Å². The summed E-state index contributed by atoms with van der Waals surface area (Å²) < 4.78 is 32.5. The number of hydrogen-bond donors (Lipinski definition) is 1. The van der Waals surface area contributed by atoms with Crippen LogP contribution < -0.4 is 19.5 Å². The fourth-order valence-corrected chi connectivity index (χ4v) is 4.50. The lowest BCUT2D eigenvalue weighted by molar-refractivity contribution is -0.132. The smallest absolute Gasteiger partial charge is 0.309 e. The van der Waals surface area contributed by atoms with Gasteiger partial charge in [0.2, 0.25) is 5.88 Å². The predicted octanol–water partition coefficient (Wildman–Crippen LogP) is 6.85. The van der Waals surface area contributed by atoms with Crippen LogP contribution in [0.25, 0.3) is 28.1 Å². The number of esters is 1. The van der Waals surface area contributed by atoms with Gasteiger partial charge in [-0.2, -0.15) is 9.78 Å². The highest BCUT2D eigenvalue weighted by molar-refractivity contribution is 6.04. The Bertz CT molecular complexity index is 1760. The quantitative estimate of drug-likeness (QED) is 0.207. The van der Waals surface area contributed by atoms with Gasteiger partial charge in [0.25, 0.3) is 5.91 Å². The second-order valence-corrected chi connectivity index (χ2v) is 9.45. The molecule has 0 fully saturated rings. The number of hydrogen-bond acceptors (Lipinski definition) is 6. The zero-order valence-corrected chi connectivity index (χ0v) is 23.5. The number of amides is 1. The van der Waals surface area contributed by atoms with E-state index in [1.807, 2.05) is 37.3 Å². The van der Waals surface area contributed by atoms with Gasteiger partial charge in [-0.1, -0.05) is 42.0 Å². The normalized spacial score (nSPS) is 10.7. The number of carbonyl (C=O) groups excluding carboxylic acids is 2. The first-order valence-electron chi connectivity index (χ1n) is 13.1. The maximum absolute atomic E-state index is 14.1. The number of anilines is 1. The molecule has 0 saturated carbocycles. The van der Waals surface area contributed by atoms with E-state index in [0.717, 1.165) is 5.56 Å². The summed E-state index contributed by atoms with van der Waals surface area (Å²) in [6.45, 7) is 3.30. The lowest BCUT2D eigenvalue weighted by atomic mass is 10.00. The van der Waals surface area contributed by atoms with Crippen LogP contribution in [0.1, 0.15) is 22.8 Å². The first-order valence-corrected chi connectivity index (χ1v) is 13.1. The summed E-state index contributed by atoms with van der Waals surface area (Å²) in [4.78, 5) is 25.0. The summed E-state index contributed by atoms with van der Waals surface area (Å²) in [7, 11) is 3.12. The zero-order chi connectivity index (χ0) is 29.8. The van der Waals surface area contributed by atoms with Crippen LogP contribution in [0.4, 0.5) is 10.1 Å². The first kappa shape index (κ1) is 28.1. The van der Waals surface area contributed by atoms with Crippen molar-refractivity contribution < 1.29 is 28.2 Å². The Hall–Kier alpha value is -5.44. The second kappa shape index (κ2) is 12.0. The van der Waals surface area contributed by atoms with Crippen molar-refractivity contribution in [2.45, 2.75) is 13.8 Å². The predicted molar refractivity (Wildman–Crippen MR) is 158 cm³/mol. The van der Waals surface area contributed by atoms with Gasteiger partial charge in [0.15, 0.2) is 0 Å². The molecule has 0 aliphatic rings. The van der Waals surface area contributed by atoms with Gasteiger partial charge < -0.3 is 19.5 Å². The Morgan fingerprint density at radius 1 is 0.881 bits per heavy atom. The summed E-state index contributed by atoms with van der Waals surface area (Å²) in [6, 6.07) is 25.7. The summed E-state index contributed by atoms with van der Waals surface area (Å²) in [5.41, 5.74) is 4.46. The van der Waals surface area contributed by atoms with Crippen LogP contribution in [-0.4, -0.2) is 35.9 Å². The van der Waals surface area contributed by atoms with Gasteiger partial charge in [-0.3, -0.25) is 9.59 Å². The molecule has 0 radical (unpaired) electrons. The molecule has 42 heavy (non-hydrogen) atoms. The van der Waals surface area contributed by atoms with Crippen molar-refractivity contribution in [2.24, 2.45) is 0 Å². The maximum Gasteiger partial charge on any atom is 0.309 e. The molecule has 9 heteroatoms. The third kappa shape index (κ3) is 5.71. The highest BCUT2D eigenvalue weighted by atomic mass is 19.1. The number of nitrogens with zero attached hydrogens (tertiary/aromatic N) is 2. The van der Waals surface area contributed by atoms with E-state index in [-0.39, 0.29) is 11.4 Å². The molecule has 0 saturated heterocycles. The molecule has 1 heterocycles. The molecule has 8 nitrogen and oxygen atoms in total. The number of methoxy groups -OCH3 is 2. The van der Waals surface area contributed by atoms with Gasteiger partial charge in [0.05, 0.1) is 31.0 Å². The van der Waals surface area contributed by atoms with Gasteiger partial charge in [0.1, 0.15) is 23.0 Å². The Balaban J connectivity index is 1.66. The van der Waals surface area contributed by atoms with Gasteiger partial charge in [-0.15, -0.1) is 0 Å². The molecular weight excluding hydrogens is 537 g/mol. The molecule has 212 valence electrons. The van der Waals surface area contributed by atoms with E-state index in [4.69, 9.17) is 19.3 Å². The molecule has 1 N–H and O–H groups in total. The van der Waals surface area contributed by atoms with E-state index in [0.29, 0.717) is 45.3 Å². The van der Waals surface area contributed by atoms with Gasteiger partial charge in [-0.05, 0) is 61.0 Å². The lowest BCUT2D eigenvalue weighted by Crippen LogP contribution is -2.13. The summed E-state index contributed by atoms with van der Waals surface area (Å²) in [5.74, 6) is -0.386. The lowest BCUT2D eigenvalue weighted by Gasteiger charge is -2.12. The number of halogens is 1.